The highest BCUT2D eigenvalue weighted by atomic mass is 19.1. The molecule has 0 spiro atoms. The smallest absolute Gasteiger partial charge is 0.295 e. The van der Waals surface area contributed by atoms with E-state index >= 15 is 0 Å². The number of hydrogen-bond donors (Lipinski definition) is 1. The van der Waals surface area contributed by atoms with Gasteiger partial charge in [0.15, 0.2) is 0 Å². The lowest BCUT2D eigenvalue weighted by Crippen LogP contribution is -2.32. The number of anilines is 1. The molecule has 0 unspecified atom stereocenters. The Balaban J connectivity index is 1.78. The van der Waals surface area contributed by atoms with Crippen molar-refractivity contribution in [1.29, 1.82) is 0 Å². The Morgan fingerprint density at radius 1 is 1.11 bits per heavy atom. The molecule has 1 aromatic heterocycles. The molecule has 0 aliphatic carbocycles. The van der Waals surface area contributed by atoms with Crippen molar-refractivity contribution >= 4 is 11.6 Å². The van der Waals surface area contributed by atoms with Crippen molar-refractivity contribution in [2.45, 2.75) is 6.61 Å². The van der Waals surface area contributed by atoms with Crippen LogP contribution in [-0.4, -0.2) is 17.7 Å². The summed E-state index contributed by atoms with van der Waals surface area (Å²) in [7, 11) is 1.49. The quantitative estimate of drug-likeness (QED) is 0.726. The van der Waals surface area contributed by atoms with E-state index in [0.29, 0.717) is 17.0 Å². The van der Waals surface area contributed by atoms with Crippen LogP contribution in [0.3, 0.4) is 0 Å². The topological polar surface area (TPSA) is 69.6 Å². The highest BCUT2D eigenvalue weighted by molar-refractivity contribution is 6.04. The van der Waals surface area contributed by atoms with E-state index in [0.717, 1.165) is 4.73 Å². The second-order valence-electron chi connectivity index (χ2n) is 5.61. The third-order valence-electron chi connectivity index (χ3n) is 3.77. The lowest BCUT2D eigenvalue weighted by Gasteiger charge is -2.11. The lowest BCUT2D eigenvalue weighted by molar-refractivity contribution is 0.0862. The van der Waals surface area contributed by atoms with Crippen LogP contribution in [0.25, 0.3) is 0 Å². The molecule has 27 heavy (non-hydrogen) atoms. The Labute approximate surface area is 154 Å². The minimum Gasteiger partial charge on any atom is -0.495 e. The van der Waals surface area contributed by atoms with Gasteiger partial charge in [-0.1, -0.05) is 24.3 Å². The molecule has 3 aromatic rings. The zero-order valence-electron chi connectivity index (χ0n) is 14.5. The molecule has 7 heteroatoms. The van der Waals surface area contributed by atoms with Gasteiger partial charge in [0.05, 0.1) is 12.8 Å². The van der Waals surface area contributed by atoms with Gasteiger partial charge in [0.2, 0.25) is 0 Å². The van der Waals surface area contributed by atoms with E-state index in [2.05, 4.69) is 5.32 Å². The summed E-state index contributed by atoms with van der Waals surface area (Å²) in [4.78, 5) is 30.4. The standard InChI is InChI=1S/C20H17FN2O4/c1-26-18-10-3-2-9-17(18)22-19(24)16-8-5-11-23(20(16)25)27-13-14-6-4-7-15(21)12-14/h2-12H,13H2,1H3,(H,22,24). The predicted molar refractivity (Wildman–Crippen MR) is 98.3 cm³/mol. The van der Waals surface area contributed by atoms with Crippen LogP contribution in [0.4, 0.5) is 10.1 Å². The van der Waals surface area contributed by atoms with Gasteiger partial charge in [-0.3, -0.25) is 9.59 Å². The Bertz CT molecular complexity index is 1020. The van der Waals surface area contributed by atoms with Gasteiger partial charge in [0, 0.05) is 6.20 Å². The van der Waals surface area contributed by atoms with E-state index in [4.69, 9.17) is 9.57 Å². The fourth-order valence-electron chi connectivity index (χ4n) is 2.46. The van der Waals surface area contributed by atoms with Crippen LogP contribution in [-0.2, 0) is 6.61 Å². The maximum atomic E-state index is 13.2. The first kappa shape index (κ1) is 18.2. The fraction of sp³-hybridized carbons (Fsp3) is 0.100. The number of rotatable bonds is 6. The zero-order valence-corrected chi connectivity index (χ0v) is 14.5. The van der Waals surface area contributed by atoms with E-state index in [1.54, 1.807) is 36.4 Å². The second-order valence-corrected chi connectivity index (χ2v) is 5.61. The van der Waals surface area contributed by atoms with E-state index in [-0.39, 0.29) is 12.2 Å². The van der Waals surface area contributed by atoms with E-state index < -0.39 is 17.3 Å². The number of hydrogen-bond acceptors (Lipinski definition) is 4. The molecular weight excluding hydrogens is 351 g/mol. The average Bonchev–Trinajstić information content (AvgIpc) is 2.67. The molecule has 1 amide bonds. The molecule has 0 fully saturated rings. The molecular formula is C20H17FN2O4. The summed E-state index contributed by atoms with van der Waals surface area (Å²) in [5, 5.41) is 2.64. The summed E-state index contributed by atoms with van der Waals surface area (Å²) in [5.74, 6) is -0.508. The number of para-hydroxylation sites is 2. The van der Waals surface area contributed by atoms with E-state index in [1.807, 2.05) is 0 Å². The summed E-state index contributed by atoms with van der Waals surface area (Å²) in [6.07, 6.45) is 1.39. The molecule has 138 valence electrons. The highest BCUT2D eigenvalue weighted by Gasteiger charge is 2.15. The van der Waals surface area contributed by atoms with Crippen molar-refractivity contribution < 1.29 is 18.8 Å². The molecule has 0 atom stereocenters. The number of pyridine rings is 1. The maximum Gasteiger partial charge on any atom is 0.295 e. The summed E-state index contributed by atoms with van der Waals surface area (Å²) >= 11 is 0. The number of methoxy groups -OCH3 is 1. The van der Waals surface area contributed by atoms with Crippen molar-refractivity contribution in [3.8, 4) is 5.75 Å². The first-order valence-electron chi connectivity index (χ1n) is 8.12. The molecule has 1 heterocycles. The molecule has 6 nitrogen and oxygen atoms in total. The maximum absolute atomic E-state index is 13.2. The molecule has 0 aliphatic rings. The Kier molecular flexibility index (Phi) is 5.51. The van der Waals surface area contributed by atoms with Crippen molar-refractivity contribution in [1.82, 2.24) is 4.73 Å². The Morgan fingerprint density at radius 3 is 2.70 bits per heavy atom. The van der Waals surface area contributed by atoms with E-state index in [1.165, 1.54) is 37.6 Å². The number of ether oxygens (including phenoxy) is 1. The molecule has 3 rings (SSSR count). The number of amides is 1. The summed E-state index contributed by atoms with van der Waals surface area (Å²) in [6.45, 7) is -0.0186. The highest BCUT2D eigenvalue weighted by Crippen LogP contribution is 2.23. The molecule has 0 aliphatic heterocycles. The largest absolute Gasteiger partial charge is 0.495 e. The molecule has 0 radical (unpaired) electrons. The SMILES string of the molecule is COc1ccccc1NC(=O)c1cccn(OCc2cccc(F)c2)c1=O. The van der Waals surface area contributed by atoms with Gasteiger partial charge in [0.1, 0.15) is 23.7 Å². The molecule has 0 saturated heterocycles. The van der Waals surface area contributed by atoms with Crippen LogP contribution < -0.4 is 20.5 Å². The average molecular weight is 368 g/mol. The van der Waals surface area contributed by atoms with Crippen molar-refractivity contribution in [2.24, 2.45) is 0 Å². The van der Waals surface area contributed by atoms with Crippen LogP contribution in [0.5, 0.6) is 5.75 Å². The van der Waals surface area contributed by atoms with Gasteiger partial charge >= 0.3 is 0 Å². The second kappa shape index (κ2) is 8.18. The normalized spacial score (nSPS) is 10.3. The number of aromatic nitrogens is 1. The van der Waals surface area contributed by atoms with Crippen molar-refractivity contribution in [2.75, 3.05) is 12.4 Å². The van der Waals surface area contributed by atoms with Crippen molar-refractivity contribution in [3.05, 3.63) is 94.2 Å². The van der Waals surface area contributed by atoms with Crippen LogP contribution in [0.15, 0.2) is 71.7 Å². The number of halogens is 1. The molecule has 0 bridgehead atoms. The minimum atomic E-state index is -0.624. The third kappa shape index (κ3) is 4.33. The van der Waals surface area contributed by atoms with Gasteiger partial charge in [-0.2, -0.15) is 4.73 Å². The summed E-state index contributed by atoms with van der Waals surface area (Å²) in [6, 6.07) is 15.6. The fourth-order valence-corrected chi connectivity index (χ4v) is 2.46. The van der Waals surface area contributed by atoms with Crippen LogP contribution in [0, 0.1) is 5.82 Å². The van der Waals surface area contributed by atoms with Crippen LogP contribution in [0.1, 0.15) is 15.9 Å². The lowest BCUT2D eigenvalue weighted by atomic mass is 10.2. The Hall–Kier alpha value is -3.61. The minimum absolute atomic E-state index is 0.0186. The van der Waals surface area contributed by atoms with E-state index in [9.17, 15) is 14.0 Å². The summed E-state index contributed by atoms with van der Waals surface area (Å²) in [5.41, 5.74) is 0.287. The van der Waals surface area contributed by atoms with Gasteiger partial charge in [0.25, 0.3) is 11.5 Å². The summed E-state index contributed by atoms with van der Waals surface area (Å²) < 4.78 is 19.4. The molecule has 0 saturated carbocycles. The predicted octanol–water partition coefficient (Wildman–Crippen LogP) is 2.88. The first-order valence-corrected chi connectivity index (χ1v) is 8.12. The monoisotopic (exact) mass is 368 g/mol. The number of carbonyl (C=O) groups is 1. The van der Waals surface area contributed by atoms with Crippen LogP contribution >= 0.6 is 0 Å². The first-order chi connectivity index (χ1) is 13.1. The number of carbonyl (C=O) groups excluding carboxylic acids is 1. The Morgan fingerprint density at radius 2 is 1.93 bits per heavy atom. The van der Waals surface area contributed by atoms with Crippen LogP contribution in [0.2, 0.25) is 0 Å². The van der Waals surface area contributed by atoms with Gasteiger partial charge in [-0.25, -0.2) is 4.39 Å². The van der Waals surface area contributed by atoms with Gasteiger partial charge < -0.3 is 14.9 Å². The number of nitrogens with zero attached hydrogens (tertiary/aromatic N) is 1. The van der Waals surface area contributed by atoms with Crippen molar-refractivity contribution in [3.63, 3.8) is 0 Å². The third-order valence-corrected chi connectivity index (χ3v) is 3.77. The number of benzene rings is 2. The van der Waals surface area contributed by atoms with Gasteiger partial charge in [-0.15, -0.1) is 0 Å². The zero-order chi connectivity index (χ0) is 19.2. The number of nitrogens with one attached hydrogen (secondary N) is 1. The van der Waals surface area contributed by atoms with Gasteiger partial charge in [-0.05, 0) is 42.0 Å². The molecule has 1 N–H and O–H groups in total. The molecule has 2 aromatic carbocycles.